The van der Waals surface area contributed by atoms with Gasteiger partial charge in [0.25, 0.3) is 11.8 Å². The predicted molar refractivity (Wildman–Crippen MR) is 427 cm³/mol. The summed E-state index contributed by atoms with van der Waals surface area (Å²) in [4.78, 5) is 108. The highest BCUT2D eigenvalue weighted by Gasteiger charge is 2.22. The lowest BCUT2D eigenvalue weighted by atomic mass is 10.0. The molecule has 0 unspecified atom stereocenters. The number of piperidine rings is 2. The third-order valence-electron chi connectivity index (χ3n) is 18.6. The summed E-state index contributed by atoms with van der Waals surface area (Å²) in [5.41, 5.74) is 5.41. The fourth-order valence-electron chi connectivity index (χ4n) is 11.7. The Balaban J connectivity index is 0.000000365. The number of rotatable bonds is 51. The first-order valence-electron chi connectivity index (χ1n) is 39.2. The van der Waals surface area contributed by atoms with Gasteiger partial charge in [-0.25, -0.2) is 13.5 Å². The van der Waals surface area contributed by atoms with E-state index in [1.165, 1.54) is 49.2 Å². The van der Waals surface area contributed by atoms with Crippen molar-refractivity contribution in [1.82, 2.24) is 55.9 Å². The van der Waals surface area contributed by atoms with Gasteiger partial charge < -0.3 is 74.9 Å². The molecule has 113 heavy (non-hydrogen) atoms. The first-order valence-corrected chi connectivity index (χ1v) is 40.0. The average Bonchev–Trinajstić information content (AvgIpc) is 1.29. The van der Waals surface area contributed by atoms with Gasteiger partial charge in [0.1, 0.15) is 28.9 Å². The van der Waals surface area contributed by atoms with Crippen LogP contribution in [0.25, 0.3) is 0 Å². The average molecular weight is 1620 g/mol. The molecule has 0 spiro atoms. The third kappa shape index (κ3) is 38.5. The Kier molecular flexibility index (Phi) is 45.0. The molecule has 624 valence electrons. The van der Waals surface area contributed by atoms with Crippen molar-refractivity contribution in [1.29, 1.82) is 0 Å². The fraction of sp³-hybridized carbons (Fsp3) is 0.580. The zero-order chi connectivity index (χ0) is 81.5. The Hall–Kier alpha value is -7.82. The highest BCUT2D eigenvalue weighted by atomic mass is 35.5. The van der Waals surface area contributed by atoms with Crippen LogP contribution in [0, 0.1) is 23.5 Å². The molecule has 0 saturated carbocycles. The highest BCUT2D eigenvalue weighted by molar-refractivity contribution is 6.35. The lowest BCUT2D eigenvalue weighted by molar-refractivity contribution is -0.139. The minimum atomic E-state index is -0.735. The Bertz CT molecular complexity index is 3740. The van der Waals surface area contributed by atoms with E-state index in [0.29, 0.717) is 194 Å². The summed E-state index contributed by atoms with van der Waals surface area (Å²) in [6.45, 7) is 23.0. The maximum Gasteiger partial charge on any atom is 0.309 e. The normalized spacial score (nSPS) is 13.3. The number of carbonyl (C=O) groups is 8. The van der Waals surface area contributed by atoms with Gasteiger partial charge in [0.15, 0.2) is 0 Å². The lowest BCUT2D eigenvalue weighted by Gasteiger charge is -2.27. The molecule has 2 aliphatic heterocycles. The number of hydrogen-bond donors (Lipinski definition) is 6. The van der Waals surface area contributed by atoms with Gasteiger partial charge in [-0.3, -0.25) is 48.2 Å². The largest absolute Gasteiger partial charge is 0.379 e. The van der Waals surface area contributed by atoms with Crippen molar-refractivity contribution >= 4 is 81.6 Å². The number of likely N-dealkylation sites (N-methyl/N-ethyl adjacent to an activating group) is 2. The van der Waals surface area contributed by atoms with Crippen LogP contribution >= 0.6 is 23.2 Å². The molecule has 6 N–H and O–H groups in total. The summed E-state index contributed by atoms with van der Waals surface area (Å²) < 4.78 is 68.5. The number of benzene rings is 4. The molecule has 0 bridgehead atoms. The van der Waals surface area contributed by atoms with Gasteiger partial charge in [-0.05, 0) is 175 Å². The molecular formula is C81H117Cl2F2N13O15. The van der Waals surface area contributed by atoms with Gasteiger partial charge >= 0.3 is 23.6 Å². The zero-order valence-electron chi connectivity index (χ0n) is 66.5. The summed E-state index contributed by atoms with van der Waals surface area (Å²) >= 11 is 11.5. The molecular weight excluding hydrogens is 1500 g/mol. The maximum absolute atomic E-state index is 13.9. The standard InChI is InChI=1S/C45H66ClFN8O9.C36H51ClFN5O6/c1-34(2)42(56)12-19-60-22-23-62-21-18-55-32-39(51-52-55)33-64-27-26-63-25-24-61-20-17-53(3)14-7-13-48-44(58)45(59)49-30-36-9-8-35(28-37(36)31-54-15-5-4-6-16-54)43(57)50-38-10-11-40(46)41(47)29-38;1-26(2)33(44)12-18-48-20-21-49-19-17-42(3)14-7-13-39-35(46)36(47)40-24-28-9-8-27(22-29(28)25-43-15-5-4-6-16-43)34(45)41-30-10-11-31(37)32(38)23-30/h8-11,28-29,32,34H,4-7,12-27,30-31,33H2,1-3H3,(H,48,58)(H,49,59)(H,50,57);8-11,22-23,26H,4-7,12-21,24-25H2,1-3H3,(H,39,46)(H,40,47)(H,41,45). The van der Waals surface area contributed by atoms with Crippen molar-refractivity contribution in [3.05, 3.63) is 140 Å². The van der Waals surface area contributed by atoms with Crippen LogP contribution in [0.15, 0.2) is 79.0 Å². The minimum Gasteiger partial charge on any atom is -0.379 e. The summed E-state index contributed by atoms with van der Waals surface area (Å²) in [5, 5.41) is 24.3. The number of likely N-dealkylation sites (tertiary alicyclic amines) is 2. The van der Waals surface area contributed by atoms with E-state index < -0.39 is 47.1 Å². The summed E-state index contributed by atoms with van der Waals surface area (Å²) in [6, 6.07) is 18.6. The Morgan fingerprint density at radius 1 is 0.460 bits per heavy atom. The van der Waals surface area contributed by atoms with E-state index >= 15 is 0 Å². The number of ether oxygens (including phenoxy) is 7. The van der Waals surface area contributed by atoms with E-state index in [9.17, 15) is 47.1 Å². The number of carbonyl (C=O) groups excluding carboxylic acids is 8. The van der Waals surface area contributed by atoms with Gasteiger partial charge in [0.2, 0.25) is 0 Å². The van der Waals surface area contributed by atoms with Crippen LogP contribution in [0.5, 0.6) is 0 Å². The summed E-state index contributed by atoms with van der Waals surface area (Å²) in [6.07, 6.45) is 10.7. The molecule has 6 amide bonds. The van der Waals surface area contributed by atoms with Crippen LogP contribution in [-0.2, 0) is 101 Å². The van der Waals surface area contributed by atoms with Crippen LogP contribution in [0.3, 0.4) is 0 Å². The van der Waals surface area contributed by atoms with Gasteiger partial charge in [-0.1, -0.05) is 81.1 Å². The van der Waals surface area contributed by atoms with E-state index in [-0.39, 0.29) is 57.9 Å². The third-order valence-corrected chi connectivity index (χ3v) is 19.2. The second-order valence-corrected chi connectivity index (χ2v) is 29.3. The monoisotopic (exact) mass is 1620 g/mol. The molecule has 32 heteroatoms. The maximum atomic E-state index is 13.9. The van der Waals surface area contributed by atoms with Gasteiger partial charge in [-0.2, -0.15) is 0 Å². The predicted octanol–water partition coefficient (Wildman–Crippen LogP) is 8.68. The summed E-state index contributed by atoms with van der Waals surface area (Å²) in [5.74, 6) is -4.48. The van der Waals surface area contributed by atoms with Crippen molar-refractivity contribution in [2.45, 2.75) is 131 Å². The van der Waals surface area contributed by atoms with Gasteiger partial charge in [0.05, 0.1) is 115 Å². The molecule has 0 aliphatic carbocycles. The Morgan fingerprint density at radius 2 is 0.850 bits per heavy atom. The topological polar surface area (TPSA) is 317 Å². The molecule has 3 heterocycles. The van der Waals surface area contributed by atoms with Crippen molar-refractivity contribution in [2.75, 3.05) is 176 Å². The van der Waals surface area contributed by atoms with Gasteiger partial charge in [-0.15, -0.1) is 5.10 Å². The van der Waals surface area contributed by atoms with Gasteiger partial charge in [0, 0.05) is 99.5 Å². The molecule has 2 aliphatic rings. The number of Topliss-reactive ketones (excluding diaryl/α,β-unsaturated/α-hetero) is 2. The number of aromatic nitrogens is 3. The van der Waals surface area contributed by atoms with Crippen molar-refractivity contribution in [3.8, 4) is 0 Å². The second kappa shape index (κ2) is 54.1. The summed E-state index contributed by atoms with van der Waals surface area (Å²) in [7, 11) is 3.92. The molecule has 28 nitrogen and oxygen atoms in total. The van der Waals surface area contributed by atoms with E-state index in [0.717, 1.165) is 74.1 Å². The Labute approximate surface area is 673 Å². The van der Waals surface area contributed by atoms with E-state index in [4.69, 9.17) is 56.4 Å². The molecule has 0 atom stereocenters. The van der Waals surface area contributed by atoms with Crippen LogP contribution < -0.4 is 31.9 Å². The molecule has 0 radical (unpaired) electrons. The number of halogens is 4. The Morgan fingerprint density at radius 3 is 1.27 bits per heavy atom. The lowest BCUT2D eigenvalue weighted by Crippen LogP contribution is -2.40. The number of anilines is 2. The number of amides is 6. The van der Waals surface area contributed by atoms with E-state index in [1.807, 2.05) is 48.0 Å². The smallest absolute Gasteiger partial charge is 0.309 e. The molecule has 7 rings (SSSR count). The highest BCUT2D eigenvalue weighted by Crippen LogP contribution is 2.25. The van der Waals surface area contributed by atoms with Crippen LogP contribution in [0.1, 0.15) is 141 Å². The number of ketones is 2. The second-order valence-electron chi connectivity index (χ2n) is 28.4. The molecule has 2 saturated heterocycles. The SMILES string of the molecule is CC(C)C(=O)CCOCCOCCN(C)CCCNC(=O)C(=O)NCc1ccc(C(=O)Nc2ccc(Cl)c(F)c2)cc1CN1CCCCC1.CC(C)C(=O)CCOCCOCCn1cc(COCCOCCOCCN(C)CCCNC(=O)C(=O)NCc2ccc(C(=O)Nc3ccc(Cl)c(F)c3)cc2CN2CCCCC2)nn1. The van der Waals surface area contributed by atoms with Crippen molar-refractivity contribution in [2.24, 2.45) is 11.8 Å². The minimum absolute atomic E-state index is 0.0279. The number of nitrogens with one attached hydrogen (secondary N) is 6. The molecule has 4 aromatic carbocycles. The first kappa shape index (κ1) is 94.0. The molecule has 5 aromatic rings. The van der Waals surface area contributed by atoms with Crippen molar-refractivity contribution in [3.63, 3.8) is 0 Å². The van der Waals surface area contributed by atoms with Crippen LogP contribution in [0.2, 0.25) is 10.0 Å². The van der Waals surface area contributed by atoms with Crippen LogP contribution in [-0.4, -0.2) is 247 Å². The first-order chi connectivity index (χ1) is 54.5. The molecule has 2 fully saturated rings. The zero-order valence-corrected chi connectivity index (χ0v) is 68.0. The van der Waals surface area contributed by atoms with Crippen LogP contribution in [0.4, 0.5) is 20.2 Å². The molecule has 1 aromatic heterocycles. The number of nitrogens with zero attached hydrogens (tertiary/aromatic N) is 7. The van der Waals surface area contributed by atoms with E-state index in [1.54, 1.807) is 41.1 Å². The fourth-order valence-corrected chi connectivity index (χ4v) is 12.0. The van der Waals surface area contributed by atoms with Crippen molar-refractivity contribution < 1.29 is 80.3 Å². The number of hydrogen-bond acceptors (Lipinski definition) is 21. The quantitative estimate of drug-likeness (QED) is 0.0157. The van der Waals surface area contributed by atoms with E-state index in [2.05, 4.69) is 61.8 Å².